The Morgan fingerprint density at radius 3 is 2.33 bits per heavy atom. The fourth-order valence-electron chi connectivity index (χ4n) is 3.55. The lowest BCUT2D eigenvalue weighted by Gasteiger charge is -2.22. The topological polar surface area (TPSA) is 85.3 Å². The highest BCUT2D eigenvalue weighted by Gasteiger charge is 2.19. The van der Waals surface area contributed by atoms with Crippen molar-refractivity contribution in [1.82, 2.24) is 4.90 Å². The van der Waals surface area contributed by atoms with Gasteiger partial charge in [-0.1, -0.05) is 44.7 Å². The number of hydrogen-bond acceptors (Lipinski definition) is 5. The number of ether oxygens (including phenoxy) is 3. The molecule has 2 rings (SSSR count). The molecular formula is C27H35F2NO6. The van der Waals surface area contributed by atoms with Gasteiger partial charge in [-0.25, -0.2) is 18.4 Å². The molecule has 0 bridgehead atoms. The summed E-state index contributed by atoms with van der Waals surface area (Å²) >= 11 is 0. The van der Waals surface area contributed by atoms with Gasteiger partial charge >= 0.3 is 12.1 Å². The number of amides is 1. The molecule has 0 aliphatic rings. The summed E-state index contributed by atoms with van der Waals surface area (Å²) in [4.78, 5) is 25.4. The predicted molar refractivity (Wildman–Crippen MR) is 131 cm³/mol. The summed E-state index contributed by atoms with van der Waals surface area (Å²) in [5.74, 6) is -2.49. The third-order valence-electron chi connectivity index (χ3n) is 5.50. The van der Waals surface area contributed by atoms with Gasteiger partial charge in [0.1, 0.15) is 18.2 Å². The number of hydrogen-bond donors (Lipinski definition) is 1. The molecule has 9 heteroatoms. The van der Waals surface area contributed by atoms with Crippen molar-refractivity contribution in [3.8, 4) is 11.5 Å². The number of carbonyl (C=O) groups excluding carboxylic acids is 1. The second-order valence-electron chi connectivity index (χ2n) is 8.32. The van der Waals surface area contributed by atoms with Crippen molar-refractivity contribution in [1.29, 1.82) is 0 Å². The number of rotatable bonds is 16. The second kappa shape index (κ2) is 15.7. The number of halogens is 2. The first-order valence-corrected chi connectivity index (χ1v) is 12.3. The Morgan fingerprint density at radius 2 is 1.69 bits per heavy atom. The molecule has 36 heavy (non-hydrogen) atoms. The van der Waals surface area contributed by atoms with Crippen LogP contribution in [0.15, 0.2) is 42.5 Å². The summed E-state index contributed by atoms with van der Waals surface area (Å²) in [7, 11) is 0. The molecule has 7 nitrogen and oxygen atoms in total. The van der Waals surface area contributed by atoms with E-state index in [2.05, 4.69) is 6.92 Å². The zero-order valence-corrected chi connectivity index (χ0v) is 20.9. The molecule has 0 saturated carbocycles. The number of aliphatic carboxylic acids is 1. The average molecular weight is 508 g/mol. The highest BCUT2D eigenvalue weighted by Crippen LogP contribution is 2.19. The molecule has 1 amide bonds. The lowest BCUT2D eigenvalue weighted by molar-refractivity contribution is -0.149. The van der Waals surface area contributed by atoms with Crippen molar-refractivity contribution in [3.05, 3.63) is 59.7 Å². The van der Waals surface area contributed by atoms with E-state index >= 15 is 0 Å². The van der Waals surface area contributed by atoms with E-state index < -0.39 is 29.8 Å². The van der Waals surface area contributed by atoms with E-state index in [1.54, 1.807) is 31.2 Å². The van der Waals surface area contributed by atoms with Gasteiger partial charge in [0.25, 0.3) is 0 Å². The van der Waals surface area contributed by atoms with Crippen LogP contribution in [0.4, 0.5) is 13.6 Å². The molecule has 2 aromatic rings. The minimum absolute atomic E-state index is 0.173. The van der Waals surface area contributed by atoms with Crippen LogP contribution >= 0.6 is 0 Å². The Balaban J connectivity index is 1.93. The van der Waals surface area contributed by atoms with E-state index in [0.717, 1.165) is 49.8 Å². The fraction of sp³-hybridized carbons (Fsp3) is 0.481. The molecule has 2 aromatic carbocycles. The van der Waals surface area contributed by atoms with Gasteiger partial charge in [-0.05, 0) is 43.2 Å². The number of benzene rings is 2. The van der Waals surface area contributed by atoms with Crippen LogP contribution in [0.1, 0.15) is 51.5 Å². The minimum atomic E-state index is -1.01. The molecule has 0 spiro atoms. The van der Waals surface area contributed by atoms with Gasteiger partial charge in [0.2, 0.25) is 0 Å². The fourth-order valence-corrected chi connectivity index (χ4v) is 3.55. The van der Waals surface area contributed by atoms with E-state index in [1.807, 2.05) is 0 Å². The van der Waals surface area contributed by atoms with Crippen LogP contribution in [0.2, 0.25) is 0 Å². The monoisotopic (exact) mass is 507 g/mol. The van der Waals surface area contributed by atoms with Gasteiger partial charge in [-0.15, -0.1) is 0 Å². The molecular weight excluding hydrogens is 472 g/mol. The maximum absolute atomic E-state index is 13.9. The van der Waals surface area contributed by atoms with Crippen molar-refractivity contribution in [2.45, 2.75) is 58.5 Å². The summed E-state index contributed by atoms with van der Waals surface area (Å²) < 4.78 is 43.3. The number of carboxylic acid groups (broad SMARTS) is 1. The lowest BCUT2D eigenvalue weighted by atomic mass is 10.1. The zero-order valence-electron chi connectivity index (χ0n) is 20.9. The lowest BCUT2D eigenvalue weighted by Crippen LogP contribution is -2.37. The maximum Gasteiger partial charge on any atom is 0.415 e. The van der Waals surface area contributed by atoms with Gasteiger partial charge in [-0.2, -0.15) is 0 Å². The standard InChI is InChI=1S/C27H35F2NO6/c1-3-5-6-7-8-15-30(27(33)36-24-14-11-21(28)19-23(24)29)16-17-35-22-12-9-20(10-13-22)18-25(26(31)32)34-4-2/h9-14,19,25H,3-8,15-18H2,1-2H3,(H,31,32). The third-order valence-corrected chi connectivity index (χ3v) is 5.50. The Hall–Kier alpha value is -3.20. The molecule has 0 fully saturated rings. The van der Waals surface area contributed by atoms with Gasteiger partial charge < -0.3 is 24.2 Å². The Labute approximate surface area is 211 Å². The normalized spacial score (nSPS) is 11.7. The smallest absolute Gasteiger partial charge is 0.415 e. The summed E-state index contributed by atoms with van der Waals surface area (Å²) in [6.07, 6.45) is 3.58. The highest BCUT2D eigenvalue weighted by molar-refractivity contribution is 5.72. The van der Waals surface area contributed by atoms with Gasteiger partial charge in [-0.3, -0.25) is 0 Å². The van der Waals surface area contributed by atoms with Crippen molar-refractivity contribution in [3.63, 3.8) is 0 Å². The van der Waals surface area contributed by atoms with E-state index in [-0.39, 0.29) is 25.3 Å². The van der Waals surface area contributed by atoms with Gasteiger partial charge in [0.15, 0.2) is 17.7 Å². The molecule has 1 N–H and O–H groups in total. The quantitative estimate of drug-likeness (QED) is 0.287. The van der Waals surface area contributed by atoms with E-state index in [0.29, 0.717) is 25.0 Å². The summed E-state index contributed by atoms with van der Waals surface area (Å²) in [5, 5.41) is 9.23. The van der Waals surface area contributed by atoms with Crippen LogP contribution in [-0.2, 0) is 16.0 Å². The number of nitrogens with zero attached hydrogens (tertiary/aromatic N) is 1. The Bertz CT molecular complexity index is 954. The van der Waals surface area contributed by atoms with Crippen LogP contribution in [0.3, 0.4) is 0 Å². The van der Waals surface area contributed by atoms with E-state index in [1.165, 1.54) is 4.90 Å². The molecule has 0 aliphatic carbocycles. The molecule has 0 heterocycles. The molecule has 0 aromatic heterocycles. The molecule has 0 aliphatic heterocycles. The maximum atomic E-state index is 13.9. The molecule has 1 unspecified atom stereocenters. The average Bonchev–Trinajstić information content (AvgIpc) is 2.85. The van der Waals surface area contributed by atoms with Crippen LogP contribution in [0.5, 0.6) is 11.5 Å². The van der Waals surface area contributed by atoms with E-state index in [9.17, 15) is 23.5 Å². The van der Waals surface area contributed by atoms with Crippen LogP contribution in [0, 0.1) is 11.6 Å². The summed E-state index contributed by atoms with van der Waals surface area (Å²) in [6, 6.07) is 9.75. The molecule has 1 atom stereocenters. The van der Waals surface area contributed by atoms with Crippen LogP contribution in [0.25, 0.3) is 0 Å². The second-order valence-corrected chi connectivity index (χ2v) is 8.32. The summed E-state index contributed by atoms with van der Waals surface area (Å²) in [5.41, 5.74) is 0.793. The number of unbranched alkanes of at least 4 members (excludes halogenated alkanes) is 4. The van der Waals surface area contributed by atoms with Crippen molar-refractivity contribution in [2.24, 2.45) is 0 Å². The van der Waals surface area contributed by atoms with Gasteiger partial charge in [0.05, 0.1) is 6.54 Å². The number of carbonyl (C=O) groups is 2. The largest absolute Gasteiger partial charge is 0.492 e. The van der Waals surface area contributed by atoms with Crippen LogP contribution < -0.4 is 9.47 Å². The Kier molecular flexibility index (Phi) is 12.7. The van der Waals surface area contributed by atoms with Crippen molar-refractivity contribution >= 4 is 12.1 Å². The molecule has 0 saturated heterocycles. The predicted octanol–water partition coefficient (Wildman–Crippen LogP) is 5.85. The zero-order chi connectivity index (χ0) is 26.3. The first-order valence-electron chi connectivity index (χ1n) is 12.3. The SMILES string of the molecule is CCCCCCCN(CCOc1ccc(CC(OCC)C(=O)O)cc1)C(=O)Oc1ccc(F)cc1F. The first kappa shape index (κ1) is 29.0. The number of carboxylic acids is 1. The third kappa shape index (κ3) is 10.2. The van der Waals surface area contributed by atoms with E-state index in [4.69, 9.17) is 14.2 Å². The minimum Gasteiger partial charge on any atom is -0.492 e. The highest BCUT2D eigenvalue weighted by atomic mass is 19.1. The molecule has 198 valence electrons. The first-order chi connectivity index (χ1) is 17.3. The van der Waals surface area contributed by atoms with Crippen LogP contribution in [-0.4, -0.2) is 54.5 Å². The van der Waals surface area contributed by atoms with Crippen molar-refractivity contribution in [2.75, 3.05) is 26.3 Å². The summed E-state index contributed by atoms with van der Waals surface area (Å²) in [6.45, 7) is 4.97. The Morgan fingerprint density at radius 1 is 0.972 bits per heavy atom. The van der Waals surface area contributed by atoms with Crippen molar-refractivity contribution < 1.29 is 37.7 Å². The van der Waals surface area contributed by atoms with Gasteiger partial charge in [0, 0.05) is 25.6 Å². The molecule has 0 radical (unpaired) electrons.